The molecule has 1 N–H and O–H groups in total. The van der Waals surface area contributed by atoms with Crippen LogP contribution in [0.2, 0.25) is 0 Å². The summed E-state index contributed by atoms with van der Waals surface area (Å²) in [5.41, 5.74) is 1.44. The van der Waals surface area contributed by atoms with Gasteiger partial charge in [0.25, 0.3) is 5.91 Å². The molecule has 0 atom stereocenters. The molecule has 0 bridgehead atoms. The van der Waals surface area contributed by atoms with Crippen molar-refractivity contribution in [2.45, 2.75) is 6.92 Å². The molecule has 5 rings (SSSR count). The summed E-state index contributed by atoms with van der Waals surface area (Å²) in [7, 11) is 1.54. The van der Waals surface area contributed by atoms with Crippen LogP contribution in [0.4, 0.5) is 10.2 Å². The van der Waals surface area contributed by atoms with Crippen molar-refractivity contribution in [2.75, 3.05) is 12.4 Å². The number of rotatable bonds is 4. The maximum Gasteiger partial charge on any atom is 0.292 e. The predicted octanol–water partition coefficient (Wildman–Crippen LogP) is 4.94. The Morgan fingerprint density at radius 1 is 1.23 bits per heavy atom. The molecule has 1 amide bonds. The van der Waals surface area contributed by atoms with Crippen LogP contribution in [0, 0.1) is 12.7 Å². The summed E-state index contributed by atoms with van der Waals surface area (Å²) in [5.74, 6) is 0.242. The number of hydrogen-bond acceptors (Lipinski definition) is 6. The Bertz CT molecular complexity index is 1420. The van der Waals surface area contributed by atoms with Gasteiger partial charge in [-0.2, -0.15) is 9.78 Å². The standard InChI is InChI=1S/C21H15FN4O3S/c1-11-9-17(26(25-11)21-24-18-13(22)6-4-8-16(18)30-21)23-20(27)15-10-12-5-3-7-14(28-2)19(12)29-15/h3-10H,1-2H3,(H,23,27). The van der Waals surface area contributed by atoms with E-state index in [1.807, 2.05) is 12.1 Å². The number of methoxy groups -OCH3 is 1. The van der Waals surface area contributed by atoms with Gasteiger partial charge in [-0.25, -0.2) is 9.37 Å². The third-order valence-corrected chi connectivity index (χ3v) is 5.56. The highest BCUT2D eigenvalue weighted by Gasteiger charge is 2.19. The Morgan fingerprint density at radius 2 is 2.07 bits per heavy atom. The lowest BCUT2D eigenvalue weighted by Gasteiger charge is -2.04. The van der Waals surface area contributed by atoms with Gasteiger partial charge >= 0.3 is 0 Å². The lowest BCUT2D eigenvalue weighted by Crippen LogP contribution is -2.14. The lowest BCUT2D eigenvalue weighted by atomic mass is 10.2. The summed E-state index contributed by atoms with van der Waals surface area (Å²) in [4.78, 5) is 17.2. The zero-order valence-electron chi connectivity index (χ0n) is 16.0. The number of fused-ring (bicyclic) bond motifs is 2. The van der Waals surface area contributed by atoms with Crippen LogP contribution in [0.15, 0.2) is 52.9 Å². The highest BCUT2D eigenvalue weighted by molar-refractivity contribution is 7.20. The van der Waals surface area contributed by atoms with E-state index < -0.39 is 11.7 Å². The number of thiazole rings is 1. The highest BCUT2D eigenvalue weighted by Crippen LogP contribution is 2.30. The minimum absolute atomic E-state index is 0.134. The van der Waals surface area contributed by atoms with Crippen molar-refractivity contribution < 1.29 is 18.3 Å². The Balaban J connectivity index is 1.51. The van der Waals surface area contributed by atoms with Crippen LogP contribution in [0.5, 0.6) is 5.75 Å². The molecule has 9 heteroatoms. The van der Waals surface area contributed by atoms with Crippen molar-refractivity contribution in [1.29, 1.82) is 0 Å². The van der Waals surface area contributed by atoms with Crippen molar-refractivity contribution in [2.24, 2.45) is 0 Å². The first-order valence-corrected chi connectivity index (χ1v) is 9.85. The third kappa shape index (κ3) is 3.00. The number of carbonyl (C=O) groups excluding carboxylic acids is 1. The lowest BCUT2D eigenvalue weighted by molar-refractivity contribution is 0.0998. The van der Waals surface area contributed by atoms with E-state index in [1.165, 1.54) is 22.1 Å². The number of benzene rings is 2. The molecule has 7 nitrogen and oxygen atoms in total. The van der Waals surface area contributed by atoms with E-state index in [4.69, 9.17) is 9.15 Å². The van der Waals surface area contributed by atoms with Crippen molar-refractivity contribution in [3.63, 3.8) is 0 Å². The molecular formula is C21H15FN4O3S. The normalized spacial score (nSPS) is 11.3. The molecular weight excluding hydrogens is 407 g/mol. The zero-order valence-corrected chi connectivity index (χ0v) is 16.8. The van der Waals surface area contributed by atoms with Crippen LogP contribution in [0.25, 0.3) is 26.3 Å². The Kier molecular flexibility index (Phi) is 4.25. The van der Waals surface area contributed by atoms with E-state index in [9.17, 15) is 9.18 Å². The molecule has 0 aliphatic heterocycles. The molecule has 0 saturated carbocycles. The maximum absolute atomic E-state index is 14.0. The maximum atomic E-state index is 14.0. The van der Waals surface area contributed by atoms with Gasteiger partial charge in [-0.15, -0.1) is 0 Å². The fourth-order valence-electron chi connectivity index (χ4n) is 3.22. The van der Waals surface area contributed by atoms with Gasteiger partial charge in [0, 0.05) is 11.5 Å². The molecule has 0 aliphatic rings. The van der Waals surface area contributed by atoms with E-state index in [1.54, 1.807) is 44.4 Å². The van der Waals surface area contributed by atoms with E-state index in [2.05, 4.69) is 15.4 Å². The summed E-state index contributed by atoms with van der Waals surface area (Å²) in [6.45, 7) is 1.80. The van der Waals surface area contributed by atoms with Crippen LogP contribution < -0.4 is 10.1 Å². The number of furan rings is 1. The van der Waals surface area contributed by atoms with Crippen molar-refractivity contribution >= 4 is 44.2 Å². The Hall–Kier alpha value is -3.72. The number of nitrogens with zero attached hydrogens (tertiary/aromatic N) is 3. The zero-order chi connectivity index (χ0) is 20.8. The van der Waals surface area contributed by atoms with Gasteiger partial charge in [0.1, 0.15) is 17.2 Å². The molecule has 150 valence electrons. The molecule has 0 fully saturated rings. The number of anilines is 1. The number of ether oxygens (including phenoxy) is 1. The first kappa shape index (κ1) is 18.3. The number of aryl methyl sites for hydroxylation is 1. The first-order valence-electron chi connectivity index (χ1n) is 9.03. The second-order valence-corrected chi connectivity index (χ2v) is 7.62. The number of carbonyl (C=O) groups is 1. The summed E-state index contributed by atoms with van der Waals surface area (Å²) in [6.07, 6.45) is 0. The van der Waals surface area contributed by atoms with Gasteiger partial charge in [-0.3, -0.25) is 4.79 Å². The summed E-state index contributed by atoms with van der Waals surface area (Å²) >= 11 is 1.28. The van der Waals surface area contributed by atoms with Crippen LogP contribution in [-0.4, -0.2) is 27.8 Å². The SMILES string of the molecule is COc1cccc2cc(C(=O)Nc3cc(C)nn3-c3nc4c(F)cccc4s3)oc12. The fourth-order valence-corrected chi connectivity index (χ4v) is 4.16. The number of amides is 1. The molecule has 3 aromatic heterocycles. The van der Waals surface area contributed by atoms with E-state index >= 15 is 0 Å². The first-order chi connectivity index (χ1) is 14.5. The van der Waals surface area contributed by atoms with Gasteiger partial charge in [0.15, 0.2) is 17.1 Å². The van der Waals surface area contributed by atoms with Crippen LogP contribution in [-0.2, 0) is 0 Å². The molecule has 0 aliphatic carbocycles. The molecule has 0 unspecified atom stereocenters. The number of hydrogen-bond donors (Lipinski definition) is 1. The summed E-state index contributed by atoms with van der Waals surface area (Å²) in [5, 5.41) is 8.41. The average Bonchev–Trinajstić information content (AvgIpc) is 3.44. The monoisotopic (exact) mass is 422 g/mol. The summed E-state index contributed by atoms with van der Waals surface area (Å²) in [6, 6.07) is 13.6. The molecule has 30 heavy (non-hydrogen) atoms. The quantitative estimate of drug-likeness (QED) is 0.444. The van der Waals surface area contributed by atoms with Crippen LogP contribution >= 0.6 is 11.3 Å². The predicted molar refractivity (Wildman–Crippen MR) is 112 cm³/mol. The van der Waals surface area contributed by atoms with Gasteiger partial charge in [0.05, 0.1) is 17.5 Å². The van der Waals surface area contributed by atoms with E-state index in [-0.39, 0.29) is 11.3 Å². The van der Waals surface area contributed by atoms with Crippen molar-refractivity contribution in [1.82, 2.24) is 14.8 Å². The van der Waals surface area contributed by atoms with Crippen LogP contribution in [0.1, 0.15) is 16.2 Å². The Morgan fingerprint density at radius 3 is 2.87 bits per heavy atom. The van der Waals surface area contributed by atoms with Crippen molar-refractivity contribution in [3.05, 3.63) is 65.8 Å². The molecule has 2 aromatic carbocycles. The molecule has 0 radical (unpaired) electrons. The van der Waals surface area contributed by atoms with E-state index in [0.717, 1.165) is 5.39 Å². The number of halogens is 1. The number of aromatic nitrogens is 3. The highest BCUT2D eigenvalue weighted by atomic mass is 32.1. The number of para-hydroxylation sites is 2. The fraction of sp³-hybridized carbons (Fsp3) is 0.0952. The second-order valence-electron chi connectivity index (χ2n) is 6.61. The van der Waals surface area contributed by atoms with Gasteiger partial charge in [0.2, 0.25) is 5.13 Å². The number of nitrogens with one attached hydrogen (secondary N) is 1. The molecule has 5 aromatic rings. The van der Waals surface area contributed by atoms with Crippen molar-refractivity contribution in [3.8, 4) is 10.9 Å². The minimum Gasteiger partial charge on any atom is -0.493 e. The third-order valence-electron chi connectivity index (χ3n) is 4.56. The smallest absolute Gasteiger partial charge is 0.292 e. The molecule has 0 saturated heterocycles. The van der Waals surface area contributed by atoms with Gasteiger partial charge in [-0.1, -0.05) is 29.5 Å². The van der Waals surface area contributed by atoms with E-state index in [0.29, 0.717) is 32.7 Å². The minimum atomic E-state index is -0.443. The summed E-state index contributed by atoms with van der Waals surface area (Å²) < 4.78 is 27.2. The average molecular weight is 422 g/mol. The van der Waals surface area contributed by atoms with Crippen LogP contribution in [0.3, 0.4) is 0 Å². The molecule has 3 heterocycles. The topological polar surface area (TPSA) is 82.2 Å². The second kappa shape index (κ2) is 6.96. The van der Waals surface area contributed by atoms with Gasteiger partial charge in [-0.05, 0) is 31.2 Å². The molecule has 0 spiro atoms. The Labute approximate surface area is 173 Å². The van der Waals surface area contributed by atoms with Gasteiger partial charge < -0.3 is 14.5 Å². The largest absolute Gasteiger partial charge is 0.493 e.